The van der Waals surface area contributed by atoms with Crippen LogP contribution in [0.25, 0.3) is 0 Å². The zero-order valence-corrected chi connectivity index (χ0v) is 14.3. The van der Waals surface area contributed by atoms with Crippen molar-refractivity contribution in [3.05, 3.63) is 46.3 Å². The van der Waals surface area contributed by atoms with E-state index in [2.05, 4.69) is 11.4 Å². The number of carbonyl (C=O) groups is 1. The van der Waals surface area contributed by atoms with Gasteiger partial charge < -0.3 is 10.1 Å². The monoisotopic (exact) mass is 340 g/mol. The first kappa shape index (κ1) is 16.5. The zero-order valence-electron chi connectivity index (χ0n) is 13.5. The maximum atomic E-state index is 12.2. The Bertz CT molecular complexity index is 747. The lowest BCUT2D eigenvalue weighted by Crippen LogP contribution is -2.20. The molecule has 5 heteroatoms. The first-order chi connectivity index (χ1) is 11.8. The number of nitriles is 1. The van der Waals surface area contributed by atoms with E-state index in [1.165, 1.54) is 17.7 Å². The second-order valence-corrected chi connectivity index (χ2v) is 6.99. The molecule has 1 aromatic heterocycles. The molecular formula is C19H20N2O2S. The summed E-state index contributed by atoms with van der Waals surface area (Å²) in [5.74, 6) is 0.427. The number of hydrogen-bond acceptors (Lipinski definition) is 4. The third-order valence-corrected chi connectivity index (χ3v) is 5.36. The standard InChI is InChI=1S/C19H20N2O2S/c20-12-16-15-10-6-1-2-7-11-17(15)24-19(16)21-18(22)13-23-14-8-4-3-5-9-14/h3-5,8-9H,1-2,6-7,10-11,13H2,(H,21,22). The van der Waals surface area contributed by atoms with E-state index in [0.29, 0.717) is 16.3 Å². The van der Waals surface area contributed by atoms with Gasteiger partial charge in [0.05, 0.1) is 5.56 Å². The van der Waals surface area contributed by atoms with Gasteiger partial charge in [0.2, 0.25) is 0 Å². The molecule has 1 N–H and O–H groups in total. The topological polar surface area (TPSA) is 62.1 Å². The molecule has 0 bridgehead atoms. The van der Waals surface area contributed by atoms with Gasteiger partial charge in [0.1, 0.15) is 16.8 Å². The Hall–Kier alpha value is -2.32. The molecule has 0 unspecified atom stereocenters. The van der Waals surface area contributed by atoms with Crippen molar-refractivity contribution in [3.63, 3.8) is 0 Å². The van der Waals surface area contributed by atoms with E-state index in [4.69, 9.17) is 4.74 Å². The molecule has 0 atom stereocenters. The van der Waals surface area contributed by atoms with Crippen LogP contribution < -0.4 is 10.1 Å². The summed E-state index contributed by atoms with van der Waals surface area (Å²) >= 11 is 1.55. The molecule has 1 amide bonds. The summed E-state index contributed by atoms with van der Waals surface area (Å²) in [6.45, 7) is -0.0581. The van der Waals surface area contributed by atoms with E-state index in [9.17, 15) is 10.1 Å². The van der Waals surface area contributed by atoms with Crippen LogP contribution in [0.5, 0.6) is 5.75 Å². The molecule has 124 valence electrons. The molecular weight excluding hydrogens is 320 g/mol. The first-order valence-corrected chi connectivity index (χ1v) is 9.12. The number of anilines is 1. The average Bonchev–Trinajstić information content (AvgIpc) is 2.89. The van der Waals surface area contributed by atoms with E-state index >= 15 is 0 Å². The molecule has 0 radical (unpaired) electrons. The maximum absolute atomic E-state index is 12.2. The van der Waals surface area contributed by atoms with Gasteiger partial charge in [0.25, 0.3) is 5.91 Å². The summed E-state index contributed by atoms with van der Waals surface area (Å²) < 4.78 is 5.47. The highest BCUT2D eigenvalue weighted by Crippen LogP contribution is 2.36. The fourth-order valence-corrected chi connectivity index (χ4v) is 4.21. The molecule has 1 aliphatic rings. The maximum Gasteiger partial charge on any atom is 0.262 e. The fourth-order valence-electron chi connectivity index (χ4n) is 2.95. The van der Waals surface area contributed by atoms with E-state index in [1.807, 2.05) is 30.3 Å². The molecule has 0 spiro atoms. The molecule has 0 aliphatic heterocycles. The minimum atomic E-state index is -0.232. The van der Waals surface area contributed by atoms with Gasteiger partial charge in [0, 0.05) is 4.88 Å². The normalized spacial score (nSPS) is 14.0. The summed E-state index contributed by atoms with van der Waals surface area (Å²) in [6, 6.07) is 11.5. The summed E-state index contributed by atoms with van der Waals surface area (Å²) in [4.78, 5) is 13.4. The minimum Gasteiger partial charge on any atom is -0.484 e. The number of hydrogen-bond donors (Lipinski definition) is 1. The Balaban J connectivity index is 1.69. The molecule has 0 saturated heterocycles. The van der Waals surface area contributed by atoms with Crippen molar-refractivity contribution in [1.82, 2.24) is 0 Å². The largest absolute Gasteiger partial charge is 0.484 e. The van der Waals surface area contributed by atoms with Gasteiger partial charge in [-0.25, -0.2) is 0 Å². The first-order valence-electron chi connectivity index (χ1n) is 8.30. The van der Waals surface area contributed by atoms with Crippen LogP contribution in [0.15, 0.2) is 30.3 Å². The number of fused-ring (bicyclic) bond motifs is 1. The number of para-hydroxylation sites is 1. The summed E-state index contributed by atoms with van der Waals surface area (Å²) in [5, 5.41) is 13.1. The number of nitrogens with one attached hydrogen (secondary N) is 1. The average molecular weight is 340 g/mol. The summed E-state index contributed by atoms with van der Waals surface area (Å²) in [7, 11) is 0. The Morgan fingerprint density at radius 1 is 1.17 bits per heavy atom. The number of thiophene rings is 1. The van der Waals surface area contributed by atoms with Crippen molar-refractivity contribution in [3.8, 4) is 11.8 Å². The molecule has 0 saturated carbocycles. The van der Waals surface area contributed by atoms with Crippen LogP contribution in [-0.2, 0) is 17.6 Å². The van der Waals surface area contributed by atoms with Gasteiger partial charge in [-0.2, -0.15) is 5.26 Å². The second kappa shape index (κ2) is 7.98. The fraction of sp³-hybridized carbons (Fsp3) is 0.368. The lowest BCUT2D eigenvalue weighted by Gasteiger charge is -2.08. The van der Waals surface area contributed by atoms with Crippen molar-refractivity contribution < 1.29 is 9.53 Å². The predicted molar refractivity (Wildman–Crippen MR) is 95.5 cm³/mol. The quantitative estimate of drug-likeness (QED) is 0.903. The van der Waals surface area contributed by atoms with Crippen LogP contribution in [0.1, 0.15) is 41.7 Å². The number of aryl methyl sites for hydroxylation is 1. The number of rotatable bonds is 4. The summed E-state index contributed by atoms with van der Waals surface area (Å²) in [6.07, 6.45) is 6.67. The van der Waals surface area contributed by atoms with Gasteiger partial charge in [-0.05, 0) is 43.4 Å². The second-order valence-electron chi connectivity index (χ2n) is 5.88. The number of carbonyl (C=O) groups excluding carboxylic acids is 1. The van der Waals surface area contributed by atoms with Gasteiger partial charge in [-0.1, -0.05) is 31.0 Å². The van der Waals surface area contributed by atoms with E-state index in [0.717, 1.165) is 31.2 Å². The Morgan fingerprint density at radius 2 is 1.92 bits per heavy atom. The lowest BCUT2D eigenvalue weighted by atomic mass is 9.97. The van der Waals surface area contributed by atoms with Crippen molar-refractivity contribution in [2.24, 2.45) is 0 Å². The lowest BCUT2D eigenvalue weighted by molar-refractivity contribution is -0.118. The summed E-state index contributed by atoms with van der Waals surface area (Å²) in [5.41, 5.74) is 1.78. The number of amides is 1. The number of nitrogens with zero attached hydrogens (tertiary/aromatic N) is 1. The highest BCUT2D eigenvalue weighted by molar-refractivity contribution is 7.16. The Morgan fingerprint density at radius 3 is 2.67 bits per heavy atom. The van der Waals surface area contributed by atoms with Crippen molar-refractivity contribution in [2.45, 2.75) is 38.5 Å². The van der Waals surface area contributed by atoms with Gasteiger partial charge in [-0.15, -0.1) is 11.3 Å². The third kappa shape index (κ3) is 3.95. The number of benzene rings is 1. The molecule has 24 heavy (non-hydrogen) atoms. The predicted octanol–water partition coefficient (Wildman–Crippen LogP) is 4.30. The molecule has 1 heterocycles. The molecule has 1 aliphatic carbocycles. The highest BCUT2D eigenvalue weighted by Gasteiger charge is 2.20. The van der Waals surface area contributed by atoms with Crippen molar-refractivity contribution >= 4 is 22.2 Å². The molecule has 4 nitrogen and oxygen atoms in total. The SMILES string of the molecule is N#Cc1c(NC(=O)COc2ccccc2)sc2c1CCCCCC2. The van der Waals surface area contributed by atoms with Gasteiger partial charge >= 0.3 is 0 Å². The van der Waals surface area contributed by atoms with E-state index in [-0.39, 0.29) is 12.5 Å². The smallest absolute Gasteiger partial charge is 0.262 e. The highest BCUT2D eigenvalue weighted by atomic mass is 32.1. The van der Waals surface area contributed by atoms with Gasteiger partial charge in [-0.3, -0.25) is 4.79 Å². The van der Waals surface area contributed by atoms with Crippen LogP contribution in [0.2, 0.25) is 0 Å². The Kier molecular flexibility index (Phi) is 5.50. The number of ether oxygens (including phenoxy) is 1. The van der Waals surface area contributed by atoms with Crippen molar-refractivity contribution in [2.75, 3.05) is 11.9 Å². The van der Waals surface area contributed by atoms with Gasteiger partial charge in [0.15, 0.2) is 6.61 Å². The molecule has 0 fully saturated rings. The van der Waals surface area contributed by atoms with Crippen LogP contribution >= 0.6 is 11.3 Å². The molecule has 1 aromatic carbocycles. The minimum absolute atomic E-state index is 0.0581. The Labute approximate surface area is 146 Å². The van der Waals surface area contributed by atoms with E-state index in [1.54, 1.807) is 11.3 Å². The van der Waals surface area contributed by atoms with Crippen LogP contribution in [0.4, 0.5) is 5.00 Å². The van der Waals surface area contributed by atoms with Crippen LogP contribution in [-0.4, -0.2) is 12.5 Å². The molecule has 2 aromatic rings. The third-order valence-electron chi connectivity index (χ3n) is 4.15. The zero-order chi connectivity index (χ0) is 16.8. The van der Waals surface area contributed by atoms with E-state index < -0.39 is 0 Å². The van der Waals surface area contributed by atoms with Crippen LogP contribution in [0.3, 0.4) is 0 Å². The van der Waals surface area contributed by atoms with Crippen molar-refractivity contribution in [1.29, 1.82) is 5.26 Å². The van der Waals surface area contributed by atoms with Crippen LogP contribution in [0, 0.1) is 11.3 Å². The molecule has 3 rings (SSSR count).